The van der Waals surface area contributed by atoms with Crippen molar-refractivity contribution in [2.45, 2.75) is 30.7 Å². The van der Waals surface area contributed by atoms with Gasteiger partial charge in [-0.2, -0.15) is 0 Å². The van der Waals surface area contributed by atoms with Gasteiger partial charge in [-0.25, -0.2) is 0 Å². The van der Waals surface area contributed by atoms with Crippen molar-refractivity contribution in [2.75, 3.05) is 13.1 Å². The predicted octanol–water partition coefficient (Wildman–Crippen LogP) is 1.95. The van der Waals surface area contributed by atoms with E-state index in [2.05, 4.69) is 10.3 Å². The minimum absolute atomic E-state index is 0.0131. The zero-order valence-corrected chi connectivity index (χ0v) is 13.3. The van der Waals surface area contributed by atoms with Gasteiger partial charge in [0.05, 0.1) is 17.4 Å². The van der Waals surface area contributed by atoms with E-state index < -0.39 is 0 Å². The zero-order valence-electron chi connectivity index (χ0n) is 13.3. The molecule has 0 unspecified atom stereocenters. The molecule has 1 atom stereocenters. The Bertz CT molecular complexity index is 734. The van der Waals surface area contributed by atoms with Crippen molar-refractivity contribution in [1.82, 2.24) is 15.2 Å². The van der Waals surface area contributed by atoms with E-state index in [-0.39, 0.29) is 23.3 Å². The van der Waals surface area contributed by atoms with Gasteiger partial charge in [0.15, 0.2) is 0 Å². The summed E-state index contributed by atoms with van der Waals surface area (Å²) in [4.78, 5) is 30.6. The molecule has 4 rings (SSSR count). The van der Waals surface area contributed by atoms with Crippen LogP contribution in [0.15, 0.2) is 47.5 Å². The molecular formula is C18H19N3O3. The molecule has 2 saturated heterocycles. The van der Waals surface area contributed by atoms with Gasteiger partial charge < -0.3 is 14.6 Å². The minimum atomic E-state index is -0.271. The second kappa shape index (κ2) is 5.78. The third kappa shape index (κ3) is 2.48. The number of carbonyl (C=O) groups excluding carboxylic acids is 2. The molecule has 2 amide bonds. The minimum Gasteiger partial charge on any atom is -0.472 e. The van der Waals surface area contributed by atoms with E-state index in [4.69, 9.17) is 4.42 Å². The highest BCUT2D eigenvalue weighted by Gasteiger charge is 2.49. The number of nitrogens with one attached hydrogen (secondary N) is 1. The van der Waals surface area contributed by atoms with Crippen LogP contribution in [0.3, 0.4) is 0 Å². The Morgan fingerprint density at radius 3 is 2.83 bits per heavy atom. The summed E-state index contributed by atoms with van der Waals surface area (Å²) in [5.41, 5.74) is 1.39. The molecule has 2 aliphatic heterocycles. The fourth-order valence-corrected chi connectivity index (χ4v) is 3.97. The number of amides is 2. The van der Waals surface area contributed by atoms with Gasteiger partial charge in [0.2, 0.25) is 5.91 Å². The highest BCUT2D eigenvalue weighted by Crippen LogP contribution is 2.43. The van der Waals surface area contributed by atoms with Crippen molar-refractivity contribution < 1.29 is 14.0 Å². The first-order chi connectivity index (χ1) is 11.7. The van der Waals surface area contributed by atoms with Gasteiger partial charge in [-0.3, -0.25) is 14.6 Å². The summed E-state index contributed by atoms with van der Waals surface area (Å²) >= 11 is 0. The summed E-state index contributed by atoms with van der Waals surface area (Å²) < 4.78 is 5.00. The van der Waals surface area contributed by atoms with Crippen LogP contribution in [0.1, 0.15) is 41.1 Å². The van der Waals surface area contributed by atoms with E-state index in [1.807, 2.05) is 23.2 Å². The second-order valence-corrected chi connectivity index (χ2v) is 6.55. The predicted molar refractivity (Wildman–Crippen MR) is 86.3 cm³/mol. The molecule has 1 N–H and O–H groups in total. The summed E-state index contributed by atoms with van der Waals surface area (Å²) in [5.74, 6) is 0.184. The molecule has 0 bridgehead atoms. The molecule has 6 heteroatoms. The summed E-state index contributed by atoms with van der Waals surface area (Å²) in [6, 6.07) is 5.62. The van der Waals surface area contributed by atoms with Gasteiger partial charge in [0.25, 0.3) is 5.91 Å². The van der Waals surface area contributed by atoms with E-state index in [0.29, 0.717) is 25.1 Å². The Kier molecular flexibility index (Phi) is 3.59. The molecule has 24 heavy (non-hydrogen) atoms. The molecule has 1 spiro atoms. The number of hydrogen-bond donors (Lipinski definition) is 1. The summed E-state index contributed by atoms with van der Waals surface area (Å²) in [6.45, 7) is 1.25. The molecule has 0 saturated carbocycles. The number of rotatable bonds is 2. The molecule has 4 heterocycles. The lowest BCUT2D eigenvalue weighted by molar-refractivity contribution is -0.120. The van der Waals surface area contributed by atoms with Crippen molar-refractivity contribution in [3.05, 3.63) is 54.2 Å². The molecule has 0 aliphatic carbocycles. The van der Waals surface area contributed by atoms with Crippen molar-refractivity contribution in [1.29, 1.82) is 0 Å². The molecule has 6 nitrogen and oxygen atoms in total. The number of likely N-dealkylation sites (tertiary alicyclic amines) is 1. The fourth-order valence-electron chi connectivity index (χ4n) is 3.97. The average molecular weight is 325 g/mol. The average Bonchev–Trinajstić information content (AvgIpc) is 3.24. The Labute approximate surface area is 139 Å². The van der Waals surface area contributed by atoms with Crippen LogP contribution in [0.4, 0.5) is 0 Å². The Hall–Kier alpha value is -2.63. The van der Waals surface area contributed by atoms with Crippen LogP contribution < -0.4 is 5.32 Å². The van der Waals surface area contributed by atoms with Crippen molar-refractivity contribution in [3.8, 4) is 0 Å². The van der Waals surface area contributed by atoms with Crippen LogP contribution in [-0.2, 0) is 4.79 Å². The second-order valence-electron chi connectivity index (χ2n) is 6.55. The number of aromatic nitrogens is 1. The van der Waals surface area contributed by atoms with Gasteiger partial charge in [-0.1, -0.05) is 6.07 Å². The van der Waals surface area contributed by atoms with E-state index in [9.17, 15) is 9.59 Å². The van der Waals surface area contributed by atoms with Gasteiger partial charge in [0, 0.05) is 37.8 Å². The lowest BCUT2D eigenvalue weighted by atomic mass is 9.74. The molecule has 124 valence electrons. The van der Waals surface area contributed by atoms with E-state index in [1.165, 1.54) is 12.5 Å². The number of furan rings is 1. The normalized spacial score (nSPS) is 22.6. The topological polar surface area (TPSA) is 75.4 Å². The maximum atomic E-state index is 12.4. The fraction of sp³-hybridized carbons (Fsp3) is 0.389. The van der Waals surface area contributed by atoms with E-state index >= 15 is 0 Å². The van der Waals surface area contributed by atoms with E-state index in [1.54, 1.807) is 12.3 Å². The quantitative estimate of drug-likeness (QED) is 0.916. The molecule has 2 aromatic rings. The highest BCUT2D eigenvalue weighted by atomic mass is 16.3. The summed E-state index contributed by atoms with van der Waals surface area (Å²) in [7, 11) is 0. The maximum absolute atomic E-state index is 12.4. The molecule has 0 aromatic carbocycles. The lowest BCUT2D eigenvalue weighted by Gasteiger charge is -2.42. The van der Waals surface area contributed by atoms with Gasteiger partial charge in [-0.15, -0.1) is 0 Å². The Morgan fingerprint density at radius 1 is 1.33 bits per heavy atom. The van der Waals surface area contributed by atoms with Crippen LogP contribution in [0.5, 0.6) is 0 Å². The van der Waals surface area contributed by atoms with Gasteiger partial charge >= 0.3 is 0 Å². The maximum Gasteiger partial charge on any atom is 0.257 e. The SMILES string of the molecule is O=C1C[C@@H](c2cccnc2)C2(CCN(C(=O)c3ccoc3)CC2)N1. The highest BCUT2D eigenvalue weighted by molar-refractivity contribution is 5.94. The zero-order chi connectivity index (χ0) is 16.6. The van der Waals surface area contributed by atoms with Crippen LogP contribution in [0, 0.1) is 0 Å². The first-order valence-electron chi connectivity index (χ1n) is 8.20. The van der Waals surface area contributed by atoms with Crippen LogP contribution in [0.2, 0.25) is 0 Å². The summed E-state index contributed by atoms with van der Waals surface area (Å²) in [6.07, 6.45) is 8.56. The smallest absolute Gasteiger partial charge is 0.257 e. The van der Waals surface area contributed by atoms with Crippen molar-refractivity contribution in [3.63, 3.8) is 0 Å². The Balaban J connectivity index is 1.52. The van der Waals surface area contributed by atoms with Crippen LogP contribution >= 0.6 is 0 Å². The molecule has 2 fully saturated rings. The molecule has 0 radical (unpaired) electrons. The first kappa shape index (κ1) is 14.9. The molecule has 2 aromatic heterocycles. The number of piperidine rings is 1. The lowest BCUT2D eigenvalue weighted by Crippen LogP contribution is -2.54. The van der Waals surface area contributed by atoms with Crippen molar-refractivity contribution in [2.24, 2.45) is 0 Å². The van der Waals surface area contributed by atoms with E-state index in [0.717, 1.165) is 18.4 Å². The third-order valence-corrected chi connectivity index (χ3v) is 5.24. The first-order valence-corrected chi connectivity index (χ1v) is 8.20. The standard InChI is InChI=1S/C18H19N3O3/c22-16-10-15(13-2-1-6-19-11-13)18(20-16)4-7-21(8-5-18)17(23)14-3-9-24-12-14/h1-3,6,9,11-12,15H,4-5,7-8,10H2,(H,20,22)/t15-/m0/s1. The Morgan fingerprint density at radius 2 is 2.17 bits per heavy atom. The number of carbonyl (C=O) groups is 2. The monoisotopic (exact) mass is 325 g/mol. The largest absolute Gasteiger partial charge is 0.472 e. The number of pyridine rings is 1. The number of nitrogens with zero attached hydrogens (tertiary/aromatic N) is 2. The molecule has 2 aliphatic rings. The van der Waals surface area contributed by atoms with Crippen molar-refractivity contribution >= 4 is 11.8 Å². The number of hydrogen-bond acceptors (Lipinski definition) is 4. The van der Waals surface area contributed by atoms with Crippen LogP contribution in [0.25, 0.3) is 0 Å². The van der Waals surface area contributed by atoms with Crippen LogP contribution in [-0.4, -0.2) is 40.3 Å². The third-order valence-electron chi connectivity index (χ3n) is 5.24. The van der Waals surface area contributed by atoms with Gasteiger partial charge in [-0.05, 0) is 30.5 Å². The summed E-state index contributed by atoms with van der Waals surface area (Å²) in [5, 5.41) is 3.19. The van der Waals surface area contributed by atoms with Gasteiger partial charge in [0.1, 0.15) is 6.26 Å². The molecular weight excluding hydrogens is 306 g/mol.